The lowest BCUT2D eigenvalue weighted by molar-refractivity contribution is -0.130. The molecule has 0 aliphatic carbocycles. The summed E-state index contributed by atoms with van der Waals surface area (Å²) in [6, 6.07) is 11.4. The largest absolute Gasteiger partial charge is 0.459 e. The number of fused-ring (bicyclic) bond motifs is 1. The average Bonchev–Trinajstić information content (AvgIpc) is 3.23. The first-order valence-corrected chi connectivity index (χ1v) is 9.30. The number of para-hydroxylation sites is 1. The second-order valence-electron chi connectivity index (χ2n) is 6.95. The monoisotopic (exact) mass is 365 g/mol. The fraction of sp³-hybridized carbons (Fsp3) is 0.333. The van der Waals surface area contributed by atoms with E-state index in [9.17, 15) is 9.59 Å². The van der Waals surface area contributed by atoms with Gasteiger partial charge in [0.2, 0.25) is 5.91 Å². The van der Waals surface area contributed by atoms with Crippen LogP contribution in [-0.4, -0.2) is 52.8 Å². The molecule has 0 atom stereocenters. The Kier molecular flexibility index (Phi) is 4.71. The molecule has 140 valence electrons. The minimum absolute atomic E-state index is 0.107. The van der Waals surface area contributed by atoms with Crippen LogP contribution in [0.4, 0.5) is 0 Å². The molecule has 0 radical (unpaired) electrons. The third-order valence-corrected chi connectivity index (χ3v) is 5.22. The first-order valence-electron chi connectivity index (χ1n) is 9.30. The summed E-state index contributed by atoms with van der Waals surface area (Å²) in [7, 11) is 0. The molecule has 3 aromatic rings. The van der Waals surface area contributed by atoms with Crippen molar-refractivity contribution in [2.75, 3.05) is 26.2 Å². The maximum Gasteiger partial charge on any atom is 0.289 e. The van der Waals surface area contributed by atoms with Crippen molar-refractivity contribution in [1.29, 1.82) is 0 Å². The van der Waals surface area contributed by atoms with Gasteiger partial charge in [-0.1, -0.05) is 18.2 Å². The summed E-state index contributed by atoms with van der Waals surface area (Å²) in [4.78, 5) is 32.4. The number of furan rings is 1. The van der Waals surface area contributed by atoms with Gasteiger partial charge in [0.25, 0.3) is 5.91 Å². The van der Waals surface area contributed by atoms with Crippen molar-refractivity contribution in [2.24, 2.45) is 0 Å². The molecule has 2 amide bonds. The van der Waals surface area contributed by atoms with Crippen LogP contribution in [0.25, 0.3) is 10.9 Å². The van der Waals surface area contributed by atoms with Crippen molar-refractivity contribution in [2.45, 2.75) is 19.8 Å². The van der Waals surface area contributed by atoms with Crippen molar-refractivity contribution >= 4 is 22.7 Å². The standard InChI is InChI=1S/C21H23N3O3/c1-15-17(16-6-2-3-7-18(16)22-15)14-20(25)23-9-5-10-24(12-11-23)21(26)19-8-4-13-27-19/h2-4,6-8,13,22H,5,9-12,14H2,1H3. The van der Waals surface area contributed by atoms with Gasteiger partial charge in [-0.05, 0) is 37.1 Å². The minimum atomic E-state index is -0.109. The number of hydrogen-bond donors (Lipinski definition) is 1. The first-order chi connectivity index (χ1) is 13.1. The van der Waals surface area contributed by atoms with E-state index in [0.29, 0.717) is 38.4 Å². The quantitative estimate of drug-likeness (QED) is 0.776. The third kappa shape index (κ3) is 3.47. The number of carbonyl (C=O) groups is 2. The summed E-state index contributed by atoms with van der Waals surface area (Å²) in [5.41, 5.74) is 3.15. The Morgan fingerprint density at radius 1 is 1.04 bits per heavy atom. The first kappa shape index (κ1) is 17.4. The van der Waals surface area contributed by atoms with Crippen LogP contribution in [0.15, 0.2) is 47.1 Å². The fourth-order valence-electron chi connectivity index (χ4n) is 3.75. The van der Waals surface area contributed by atoms with E-state index in [1.54, 1.807) is 17.0 Å². The molecule has 1 N–H and O–H groups in total. The number of amides is 2. The van der Waals surface area contributed by atoms with Gasteiger partial charge in [0.1, 0.15) is 0 Å². The number of nitrogens with zero attached hydrogens (tertiary/aromatic N) is 2. The number of rotatable bonds is 3. The van der Waals surface area contributed by atoms with Gasteiger partial charge in [-0.25, -0.2) is 0 Å². The van der Waals surface area contributed by atoms with Gasteiger partial charge in [-0.2, -0.15) is 0 Å². The van der Waals surface area contributed by atoms with E-state index in [-0.39, 0.29) is 11.8 Å². The molecule has 1 aromatic carbocycles. The highest BCUT2D eigenvalue weighted by Crippen LogP contribution is 2.23. The van der Waals surface area contributed by atoms with E-state index in [1.807, 2.05) is 36.1 Å². The Bertz CT molecular complexity index is 958. The molecular weight excluding hydrogens is 342 g/mol. The van der Waals surface area contributed by atoms with Crippen LogP contribution < -0.4 is 0 Å². The van der Waals surface area contributed by atoms with Gasteiger partial charge in [-0.3, -0.25) is 9.59 Å². The van der Waals surface area contributed by atoms with Gasteiger partial charge in [0.15, 0.2) is 5.76 Å². The fourth-order valence-corrected chi connectivity index (χ4v) is 3.75. The van der Waals surface area contributed by atoms with Crippen molar-refractivity contribution in [3.8, 4) is 0 Å². The highest BCUT2D eigenvalue weighted by molar-refractivity contribution is 5.92. The molecule has 1 fully saturated rings. The number of H-pyrrole nitrogens is 1. The zero-order valence-electron chi connectivity index (χ0n) is 15.4. The lowest BCUT2D eigenvalue weighted by Gasteiger charge is -2.21. The Balaban J connectivity index is 1.44. The van der Waals surface area contributed by atoms with Crippen LogP contribution >= 0.6 is 0 Å². The molecule has 1 aliphatic rings. The Morgan fingerprint density at radius 2 is 1.81 bits per heavy atom. The lowest BCUT2D eigenvalue weighted by Crippen LogP contribution is -2.37. The van der Waals surface area contributed by atoms with Crippen LogP contribution in [0.1, 0.15) is 28.2 Å². The highest BCUT2D eigenvalue weighted by Gasteiger charge is 2.25. The number of carbonyl (C=O) groups excluding carboxylic acids is 2. The van der Waals surface area contributed by atoms with Gasteiger partial charge in [-0.15, -0.1) is 0 Å². The number of aromatic amines is 1. The van der Waals surface area contributed by atoms with E-state index in [4.69, 9.17) is 4.42 Å². The molecule has 0 saturated carbocycles. The molecule has 0 bridgehead atoms. The third-order valence-electron chi connectivity index (χ3n) is 5.22. The van der Waals surface area contributed by atoms with Crippen LogP contribution in [-0.2, 0) is 11.2 Å². The molecule has 0 unspecified atom stereocenters. The van der Waals surface area contributed by atoms with Gasteiger partial charge < -0.3 is 19.2 Å². The Morgan fingerprint density at radius 3 is 2.63 bits per heavy atom. The summed E-state index contributed by atoms with van der Waals surface area (Å²) >= 11 is 0. The number of benzene rings is 1. The smallest absolute Gasteiger partial charge is 0.289 e. The molecule has 1 saturated heterocycles. The summed E-state index contributed by atoms with van der Waals surface area (Å²) in [5, 5.41) is 1.10. The SMILES string of the molecule is Cc1[nH]c2ccccc2c1CC(=O)N1CCCN(C(=O)c2ccco2)CC1. The molecule has 4 rings (SSSR count). The predicted molar refractivity (Wildman–Crippen MR) is 103 cm³/mol. The summed E-state index contributed by atoms with van der Waals surface area (Å²) in [5.74, 6) is 0.348. The molecule has 2 aromatic heterocycles. The number of aryl methyl sites for hydroxylation is 1. The van der Waals surface area contributed by atoms with E-state index in [2.05, 4.69) is 4.98 Å². The number of nitrogens with one attached hydrogen (secondary N) is 1. The molecule has 1 aliphatic heterocycles. The molecular formula is C21H23N3O3. The zero-order valence-corrected chi connectivity index (χ0v) is 15.4. The van der Waals surface area contributed by atoms with Gasteiger partial charge in [0.05, 0.1) is 12.7 Å². The van der Waals surface area contributed by atoms with E-state index in [0.717, 1.165) is 28.6 Å². The van der Waals surface area contributed by atoms with Crippen molar-refractivity contribution in [3.63, 3.8) is 0 Å². The van der Waals surface area contributed by atoms with Crippen LogP contribution in [0.5, 0.6) is 0 Å². The van der Waals surface area contributed by atoms with Gasteiger partial charge >= 0.3 is 0 Å². The Hall–Kier alpha value is -3.02. The number of hydrogen-bond acceptors (Lipinski definition) is 3. The van der Waals surface area contributed by atoms with Gasteiger partial charge in [0, 0.05) is 42.8 Å². The maximum absolute atomic E-state index is 12.9. The minimum Gasteiger partial charge on any atom is -0.459 e. The highest BCUT2D eigenvalue weighted by atomic mass is 16.3. The van der Waals surface area contributed by atoms with Crippen molar-refractivity contribution < 1.29 is 14.0 Å². The molecule has 27 heavy (non-hydrogen) atoms. The van der Waals surface area contributed by atoms with Crippen LogP contribution in [0.2, 0.25) is 0 Å². The summed E-state index contributed by atoms with van der Waals surface area (Å²) in [6.07, 6.45) is 2.65. The Labute approximate surface area is 157 Å². The average molecular weight is 365 g/mol. The van der Waals surface area contributed by atoms with E-state index >= 15 is 0 Å². The normalized spacial score (nSPS) is 15.1. The molecule has 6 nitrogen and oxygen atoms in total. The zero-order chi connectivity index (χ0) is 18.8. The van der Waals surface area contributed by atoms with Crippen molar-refractivity contribution in [3.05, 3.63) is 59.7 Å². The lowest BCUT2D eigenvalue weighted by atomic mass is 10.1. The van der Waals surface area contributed by atoms with Crippen molar-refractivity contribution in [1.82, 2.24) is 14.8 Å². The molecule has 3 heterocycles. The second kappa shape index (κ2) is 7.31. The van der Waals surface area contributed by atoms with E-state index in [1.165, 1.54) is 6.26 Å². The summed E-state index contributed by atoms with van der Waals surface area (Å²) < 4.78 is 5.21. The molecule has 6 heteroatoms. The molecule has 0 spiro atoms. The maximum atomic E-state index is 12.9. The summed E-state index contributed by atoms with van der Waals surface area (Å²) in [6.45, 7) is 4.39. The van der Waals surface area contributed by atoms with Crippen LogP contribution in [0.3, 0.4) is 0 Å². The van der Waals surface area contributed by atoms with Crippen LogP contribution in [0, 0.1) is 6.92 Å². The second-order valence-corrected chi connectivity index (χ2v) is 6.95. The number of aromatic nitrogens is 1. The predicted octanol–water partition coefficient (Wildman–Crippen LogP) is 2.99. The topological polar surface area (TPSA) is 69.6 Å². The van der Waals surface area contributed by atoms with E-state index < -0.39 is 0 Å².